The van der Waals surface area contributed by atoms with Gasteiger partial charge in [-0.3, -0.25) is 4.55 Å². The number of unbranched alkanes of at least 4 members (excludes halogenated alkanes) is 1. The van der Waals surface area contributed by atoms with E-state index in [1.807, 2.05) is 0 Å². The number of hydrogen-bond acceptors (Lipinski definition) is 3. The van der Waals surface area contributed by atoms with E-state index in [4.69, 9.17) is 4.55 Å². The Bertz CT molecular complexity index is 256. The number of likely N-dealkylation sites (tertiary alicyclic amines) is 1. The molecule has 0 aromatic heterocycles. The molecule has 0 aliphatic carbocycles. The van der Waals surface area contributed by atoms with Crippen LogP contribution in [0.15, 0.2) is 0 Å². The number of piperidine rings is 1. The van der Waals surface area contributed by atoms with Gasteiger partial charge in [-0.1, -0.05) is 19.8 Å². The minimum atomic E-state index is -3.67. The van der Waals surface area contributed by atoms with Gasteiger partial charge in [0.05, 0.1) is 6.26 Å². The van der Waals surface area contributed by atoms with Crippen molar-refractivity contribution in [3.05, 3.63) is 0 Å². The maximum absolute atomic E-state index is 9.19. The fourth-order valence-electron chi connectivity index (χ4n) is 1.85. The summed E-state index contributed by atoms with van der Waals surface area (Å²) < 4.78 is 25.9. The lowest BCUT2D eigenvalue weighted by molar-refractivity contribution is 0.158. The van der Waals surface area contributed by atoms with E-state index in [9.17, 15) is 8.42 Å². The molecule has 0 bridgehead atoms. The molecule has 0 radical (unpaired) electrons. The Labute approximate surface area is 99.8 Å². The molecule has 1 unspecified atom stereocenters. The van der Waals surface area contributed by atoms with Crippen LogP contribution < -0.4 is 0 Å². The quantitative estimate of drug-likeness (QED) is 0.781. The van der Waals surface area contributed by atoms with Gasteiger partial charge in [-0.15, -0.1) is 0 Å². The third-order valence-corrected chi connectivity index (χ3v) is 2.74. The van der Waals surface area contributed by atoms with Crippen LogP contribution in [-0.4, -0.2) is 43.3 Å². The van der Waals surface area contributed by atoms with Crippen LogP contribution in [0, 0.1) is 0 Å². The first-order valence-electron chi connectivity index (χ1n) is 6.01. The van der Waals surface area contributed by atoms with Crippen molar-refractivity contribution in [2.45, 2.75) is 52.0 Å². The van der Waals surface area contributed by atoms with E-state index in [1.54, 1.807) is 0 Å². The largest absolute Gasteiger partial charge is 0.301 e. The molecule has 0 amide bonds. The van der Waals surface area contributed by atoms with Crippen molar-refractivity contribution in [1.82, 2.24) is 4.90 Å². The van der Waals surface area contributed by atoms with Crippen molar-refractivity contribution in [2.75, 3.05) is 19.3 Å². The van der Waals surface area contributed by atoms with Gasteiger partial charge in [0.15, 0.2) is 0 Å². The molecule has 1 atom stereocenters. The van der Waals surface area contributed by atoms with Gasteiger partial charge in [0.25, 0.3) is 10.1 Å². The second-order valence-electron chi connectivity index (χ2n) is 4.47. The fourth-order valence-corrected chi connectivity index (χ4v) is 1.85. The van der Waals surface area contributed by atoms with Crippen LogP contribution in [0.25, 0.3) is 0 Å². The van der Waals surface area contributed by atoms with E-state index in [0.29, 0.717) is 6.26 Å². The molecule has 1 aliphatic rings. The number of nitrogens with zero attached hydrogens (tertiary/aromatic N) is 1. The highest BCUT2D eigenvalue weighted by Gasteiger charge is 2.16. The molecule has 1 saturated heterocycles. The topological polar surface area (TPSA) is 57.6 Å². The van der Waals surface area contributed by atoms with E-state index >= 15 is 0 Å². The molecule has 4 nitrogen and oxygen atoms in total. The molecular weight excluding hydrogens is 226 g/mol. The zero-order chi connectivity index (χ0) is 12.6. The van der Waals surface area contributed by atoms with Crippen LogP contribution in [0.5, 0.6) is 0 Å². The van der Waals surface area contributed by atoms with Gasteiger partial charge in [0.1, 0.15) is 0 Å². The van der Waals surface area contributed by atoms with Crippen LogP contribution >= 0.6 is 0 Å². The minimum absolute atomic E-state index is 0.715. The highest BCUT2D eigenvalue weighted by Crippen LogP contribution is 2.16. The van der Waals surface area contributed by atoms with Gasteiger partial charge in [0.2, 0.25) is 0 Å². The first-order valence-corrected chi connectivity index (χ1v) is 7.86. The maximum Gasteiger partial charge on any atom is 0.261 e. The van der Waals surface area contributed by atoms with Crippen LogP contribution in [0.3, 0.4) is 0 Å². The standard InChI is InChI=1S/C10H21N.CH4O3S/c1-3-4-8-11-9-6-5-7-10(11)2;1-5(2,3)4/h10H,3-9H2,1-2H3;1H3,(H,2,3,4). The molecule has 1 heterocycles. The second-order valence-corrected chi connectivity index (χ2v) is 5.93. The molecule has 5 heteroatoms. The van der Waals surface area contributed by atoms with Gasteiger partial charge < -0.3 is 4.90 Å². The smallest absolute Gasteiger partial charge is 0.261 e. The summed E-state index contributed by atoms with van der Waals surface area (Å²) in [5, 5.41) is 0. The van der Waals surface area contributed by atoms with Crippen LogP contribution in [0.4, 0.5) is 0 Å². The summed E-state index contributed by atoms with van der Waals surface area (Å²) in [6, 6.07) is 0.857. The summed E-state index contributed by atoms with van der Waals surface area (Å²) in [5.74, 6) is 0. The number of hydrogen-bond donors (Lipinski definition) is 1. The van der Waals surface area contributed by atoms with Gasteiger partial charge >= 0.3 is 0 Å². The van der Waals surface area contributed by atoms with E-state index in [-0.39, 0.29) is 0 Å². The molecule has 1 N–H and O–H groups in total. The Morgan fingerprint density at radius 3 is 2.38 bits per heavy atom. The Morgan fingerprint density at radius 1 is 1.38 bits per heavy atom. The lowest BCUT2D eigenvalue weighted by Crippen LogP contribution is -2.37. The molecule has 0 spiro atoms. The average Bonchev–Trinajstić information content (AvgIpc) is 2.14. The molecule has 1 aliphatic heterocycles. The lowest BCUT2D eigenvalue weighted by atomic mass is 10.0. The van der Waals surface area contributed by atoms with E-state index in [1.165, 1.54) is 45.2 Å². The molecule has 0 aromatic rings. The lowest BCUT2D eigenvalue weighted by Gasteiger charge is -2.33. The summed E-state index contributed by atoms with van der Waals surface area (Å²) in [7, 11) is -3.67. The normalized spacial score (nSPS) is 22.4. The Morgan fingerprint density at radius 2 is 1.94 bits per heavy atom. The zero-order valence-electron chi connectivity index (χ0n) is 10.6. The van der Waals surface area contributed by atoms with Crippen molar-refractivity contribution in [1.29, 1.82) is 0 Å². The molecule has 1 fully saturated rings. The minimum Gasteiger partial charge on any atom is -0.301 e. The Hall–Kier alpha value is -0.130. The molecule has 98 valence electrons. The predicted octanol–water partition coefficient (Wildman–Crippen LogP) is 2.16. The molecule has 0 aromatic carbocycles. The molecule has 16 heavy (non-hydrogen) atoms. The van der Waals surface area contributed by atoms with Crippen LogP contribution in [0.2, 0.25) is 0 Å². The summed E-state index contributed by atoms with van der Waals surface area (Å²) in [6.07, 6.45) is 7.72. The summed E-state index contributed by atoms with van der Waals surface area (Å²) >= 11 is 0. The van der Waals surface area contributed by atoms with E-state index in [0.717, 1.165) is 6.04 Å². The van der Waals surface area contributed by atoms with E-state index in [2.05, 4.69) is 18.7 Å². The van der Waals surface area contributed by atoms with Crippen LogP contribution in [0.1, 0.15) is 46.0 Å². The highest BCUT2D eigenvalue weighted by atomic mass is 32.2. The van der Waals surface area contributed by atoms with Crippen molar-refractivity contribution in [3.8, 4) is 0 Å². The SMILES string of the molecule is CCCCN1CCCCC1C.CS(=O)(=O)O. The van der Waals surface area contributed by atoms with Gasteiger partial charge in [0, 0.05) is 6.04 Å². The fraction of sp³-hybridized carbons (Fsp3) is 1.00. The molecular formula is C11H25NO3S. The second kappa shape index (κ2) is 8.03. The maximum atomic E-state index is 9.19. The summed E-state index contributed by atoms with van der Waals surface area (Å²) in [6.45, 7) is 7.32. The Balaban J connectivity index is 0.000000385. The van der Waals surface area contributed by atoms with Crippen molar-refractivity contribution in [2.24, 2.45) is 0 Å². The summed E-state index contributed by atoms with van der Waals surface area (Å²) in [4.78, 5) is 2.65. The monoisotopic (exact) mass is 251 g/mol. The van der Waals surface area contributed by atoms with Crippen molar-refractivity contribution in [3.63, 3.8) is 0 Å². The first-order chi connectivity index (χ1) is 7.34. The van der Waals surface area contributed by atoms with Gasteiger partial charge in [-0.05, 0) is 39.3 Å². The third-order valence-electron chi connectivity index (χ3n) is 2.74. The van der Waals surface area contributed by atoms with E-state index < -0.39 is 10.1 Å². The average molecular weight is 251 g/mol. The third kappa shape index (κ3) is 10.4. The Kier molecular flexibility index (Phi) is 7.97. The summed E-state index contributed by atoms with van der Waals surface area (Å²) in [5.41, 5.74) is 0. The van der Waals surface area contributed by atoms with Gasteiger partial charge in [-0.2, -0.15) is 8.42 Å². The number of rotatable bonds is 3. The van der Waals surface area contributed by atoms with Gasteiger partial charge in [-0.25, -0.2) is 0 Å². The highest BCUT2D eigenvalue weighted by molar-refractivity contribution is 7.85. The molecule has 0 saturated carbocycles. The molecule has 1 rings (SSSR count). The van der Waals surface area contributed by atoms with Crippen LogP contribution in [-0.2, 0) is 10.1 Å². The first kappa shape index (κ1) is 15.9. The van der Waals surface area contributed by atoms with Crippen molar-refractivity contribution >= 4 is 10.1 Å². The zero-order valence-corrected chi connectivity index (χ0v) is 11.5. The predicted molar refractivity (Wildman–Crippen MR) is 67.3 cm³/mol. The van der Waals surface area contributed by atoms with Crippen molar-refractivity contribution < 1.29 is 13.0 Å².